The van der Waals surface area contributed by atoms with E-state index in [0.29, 0.717) is 37.5 Å². The molecule has 1 aromatic rings. The minimum Gasteiger partial charge on any atom is -0.464 e. The summed E-state index contributed by atoms with van der Waals surface area (Å²) in [6, 6.07) is 2.88. The van der Waals surface area contributed by atoms with Gasteiger partial charge in [0.15, 0.2) is 0 Å². The number of hydrogen-bond acceptors (Lipinski definition) is 5. The summed E-state index contributed by atoms with van der Waals surface area (Å²) in [6.07, 6.45) is 1.65. The van der Waals surface area contributed by atoms with Crippen LogP contribution >= 0.6 is 0 Å². The van der Waals surface area contributed by atoms with Crippen LogP contribution in [0.4, 0.5) is 0 Å². The van der Waals surface area contributed by atoms with Gasteiger partial charge < -0.3 is 15.0 Å². The molecule has 0 saturated carbocycles. The van der Waals surface area contributed by atoms with Crippen molar-refractivity contribution in [3.05, 3.63) is 29.6 Å². The zero-order valence-electron chi connectivity index (χ0n) is 11.8. The number of aromatic nitrogens is 1. The quantitative estimate of drug-likeness (QED) is 0.808. The van der Waals surface area contributed by atoms with Crippen molar-refractivity contribution in [2.75, 3.05) is 26.2 Å². The van der Waals surface area contributed by atoms with Gasteiger partial charge in [-0.25, -0.2) is 4.79 Å². The van der Waals surface area contributed by atoms with Crippen LogP contribution in [0.5, 0.6) is 0 Å². The Labute approximate surface area is 118 Å². The van der Waals surface area contributed by atoms with E-state index in [1.165, 1.54) is 0 Å². The highest BCUT2D eigenvalue weighted by atomic mass is 16.5. The molecule has 6 nitrogen and oxygen atoms in total. The third-order valence-corrected chi connectivity index (χ3v) is 3.30. The molecular formula is C14H19N3O3. The predicted octanol–water partition coefficient (Wildman–Crippen LogP) is 0.367. The number of pyridine rings is 1. The second-order valence-corrected chi connectivity index (χ2v) is 4.61. The van der Waals surface area contributed by atoms with Gasteiger partial charge in [0.25, 0.3) is 5.91 Å². The number of carbonyl (C=O) groups excluding carboxylic acids is 2. The zero-order valence-corrected chi connectivity index (χ0v) is 11.8. The minimum atomic E-state index is -0.573. The van der Waals surface area contributed by atoms with Gasteiger partial charge in [-0.3, -0.25) is 9.78 Å². The average Bonchev–Trinajstić information content (AvgIpc) is 2.47. The molecule has 0 aliphatic carbocycles. The fourth-order valence-corrected chi connectivity index (χ4v) is 2.26. The highest BCUT2D eigenvalue weighted by molar-refractivity contribution is 5.97. The Kier molecular flexibility index (Phi) is 4.68. The fraction of sp³-hybridized carbons (Fsp3) is 0.500. The van der Waals surface area contributed by atoms with Gasteiger partial charge in [-0.1, -0.05) is 0 Å². The number of hydrogen-bond donors (Lipinski definition) is 1. The van der Waals surface area contributed by atoms with Gasteiger partial charge in [0.1, 0.15) is 6.04 Å². The first-order chi connectivity index (χ1) is 9.65. The molecule has 20 heavy (non-hydrogen) atoms. The highest BCUT2D eigenvalue weighted by Gasteiger charge is 2.34. The number of carbonyl (C=O) groups is 2. The Bertz CT molecular complexity index is 504. The second kappa shape index (κ2) is 6.47. The maximum atomic E-state index is 12.6. The van der Waals surface area contributed by atoms with Crippen LogP contribution in [-0.4, -0.2) is 54.0 Å². The maximum absolute atomic E-state index is 12.6. The van der Waals surface area contributed by atoms with Gasteiger partial charge in [0, 0.05) is 31.5 Å². The van der Waals surface area contributed by atoms with Crippen molar-refractivity contribution in [3.63, 3.8) is 0 Å². The van der Waals surface area contributed by atoms with Crippen LogP contribution in [0.3, 0.4) is 0 Å². The normalized spacial score (nSPS) is 18.7. The van der Waals surface area contributed by atoms with Gasteiger partial charge in [-0.05, 0) is 26.0 Å². The van der Waals surface area contributed by atoms with Crippen LogP contribution in [0.2, 0.25) is 0 Å². The monoisotopic (exact) mass is 277 g/mol. The van der Waals surface area contributed by atoms with Gasteiger partial charge >= 0.3 is 5.97 Å². The Balaban J connectivity index is 2.22. The van der Waals surface area contributed by atoms with Crippen molar-refractivity contribution < 1.29 is 14.3 Å². The van der Waals surface area contributed by atoms with Crippen LogP contribution in [0, 0.1) is 6.92 Å². The molecule has 0 bridgehead atoms. The van der Waals surface area contributed by atoms with E-state index in [0.717, 1.165) is 0 Å². The van der Waals surface area contributed by atoms with Crippen LogP contribution in [0.15, 0.2) is 18.3 Å². The maximum Gasteiger partial charge on any atom is 0.330 e. The number of nitrogens with one attached hydrogen (secondary N) is 1. The number of amides is 1. The van der Waals surface area contributed by atoms with E-state index in [4.69, 9.17) is 4.74 Å². The van der Waals surface area contributed by atoms with Gasteiger partial charge in [-0.2, -0.15) is 0 Å². The molecule has 6 heteroatoms. The van der Waals surface area contributed by atoms with E-state index in [1.54, 1.807) is 37.1 Å². The lowest BCUT2D eigenvalue weighted by Gasteiger charge is -2.34. The number of nitrogens with zero attached hydrogens (tertiary/aromatic N) is 2. The Morgan fingerprint density at radius 2 is 2.35 bits per heavy atom. The molecule has 2 heterocycles. The number of esters is 1. The fourth-order valence-electron chi connectivity index (χ4n) is 2.26. The molecule has 1 unspecified atom stereocenters. The van der Waals surface area contributed by atoms with Crippen molar-refractivity contribution in [1.82, 2.24) is 15.2 Å². The molecule has 1 aliphatic heterocycles. The van der Waals surface area contributed by atoms with Crippen LogP contribution in [0.25, 0.3) is 0 Å². The van der Waals surface area contributed by atoms with Crippen molar-refractivity contribution in [1.29, 1.82) is 0 Å². The van der Waals surface area contributed by atoms with Crippen molar-refractivity contribution in [2.45, 2.75) is 19.9 Å². The van der Waals surface area contributed by atoms with E-state index >= 15 is 0 Å². The van der Waals surface area contributed by atoms with E-state index in [1.807, 2.05) is 0 Å². The standard InChI is InChI=1S/C14H19N3O3/c1-3-20-14(19)12-9-15-7-8-17(12)13(18)11-5-4-6-16-10(11)2/h4-6,12,15H,3,7-9H2,1-2H3. The lowest BCUT2D eigenvalue weighted by molar-refractivity contribution is -0.149. The first-order valence-electron chi connectivity index (χ1n) is 6.75. The Morgan fingerprint density at radius 3 is 3.05 bits per heavy atom. The molecular weight excluding hydrogens is 258 g/mol. The molecule has 1 amide bonds. The van der Waals surface area contributed by atoms with Crippen molar-refractivity contribution in [3.8, 4) is 0 Å². The van der Waals surface area contributed by atoms with E-state index in [9.17, 15) is 9.59 Å². The van der Waals surface area contributed by atoms with Crippen LogP contribution < -0.4 is 5.32 Å². The lowest BCUT2D eigenvalue weighted by atomic mass is 10.1. The molecule has 1 saturated heterocycles. The molecule has 1 N–H and O–H groups in total. The smallest absolute Gasteiger partial charge is 0.330 e. The Hall–Kier alpha value is -1.95. The molecule has 1 aliphatic rings. The van der Waals surface area contributed by atoms with Gasteiger partial charge in [-0.15, -0.1) is 0 Å². The predicted molar refractivity (Wildman–Crippen MR) is 73.3 cm³/mol. The molecule has 0 radical (unpaired) electrons. The average molecular weight is 277 g/mol. The third-order valence-electron chi connectivity index (χ3n) is 3.30. The summed E-state index contributed by atoms with van der Waals surface area (Å²) in [4.78, 5) is 30.2. The van der Waals surface area contributed by atoms with Crippen LogP contribution in [0.1, 0.15) is 23.0 Å². The summed E-state index contributed by atoms with van der Waals surface area (Å²) in [5.74, 6) is -0.537. The highest BCUT2D eigenvalue weighted by Crippen LogP contribution is 2.13. The van der Waals surface area contributed by atoms with Crippen LogP contribution in [-0.2, 0) is 9.53 Å². The number of ether oxygens (including phenoxy) is 1. The minimum absolute atomic E-state index is 0.171. The molecule has 1 fully saturated rings. The number of piperazine rings is 1. The first-order valence-corrected chi connectivity index (χ1v) is 6.75. The third kappa shape index (κ3) is 2.96. The second-order valence-electron chi connectivity index (χ2n) is 4.61. The first kappa shape index (κ1) is 14.5. The summed E-state index contributed by atoms with van der Waals surface area (Å²) in [7, 11) is 0. The molecule has 2 rings (SSSR count). The zero-order chi connectivity index (χ0) is 14.5. The van der Waals surface area contributed by atoms with E-state index < -0.39 is 6.04 Å². The molecule has 0 spiro atoms. The van der Waals surface area contributed by atoms with Crippen molar-refractivity contribution >= 4 is 11.9 Å². The summed E-state index contributed by atoms with van der Waals surface area (Å²) < 4.78 is 5.04. The number of aryl methyl sites for hydroxylation is 1. The lowest BCUT2D eigenvalue weighted by Crippen LogP contribution is -2.57. The summed E-state index contributed by atoms with van der Waals surface area (Å²) in [6.45, 7) is 5.42. The van der Waals surface area contributed by atoms with Crippen molar-refractivity contribution in [2.24, 2.45) is 0 Å². The SMILES string of the molecule is CCOC(=O)C1CNCCN1C(=O)c1cccnc1C. The molecule has 1 atom stereocenters. The van der Waals surface area contributed by atoms with E-state index in [-0.39, 0.29) is 11.9 Å². The topological polar surface area (TPSA) is 71.5 Å². The summed E-state index contributed by atoms with van der Waals surface area (Å²) in [5, 5.41) is 3.11. The largest absolute Gasteiger partial charge is 0.464 e. The summed E-state index contributed by atoms with van der Waals surface area (Å²) >= 11 is 0. The molecule has 1 aromatic heterocycles. The molecule has 0 aromatic carbocycles. The van der Waals surface area contributed by atoms with Gasteiger partial charge in [0.2, 0.25) is 0 Å². The molecule has 108 valence electrons. The van der Waals surface area contributed by atoms with Gasteiger partial charge in [0.05, 0.1) is 12.2 Å². The number of rotatable bonds is 3. The summed E-state index contributed by atoms with van der Waals surface area (Å²) in [5.41, 5.74) is 1.20. The Morgan fingerprint density at radius 1 is 1.55 bits per heavy atom. The van der Waals surface area contributed by atoms with E-state index in [2.05, 4.69) is 10.3 Å².